The first-order chi connectivity index (χ1) is 14.6. The average molecular weight is 521 g/mol. The third-order valence-corrected chi connectivity index (χ3v) is 8.46. The molecule has 1 aliphatic heterocycles. The van der Waals surface area contributed by atoms with Gasteiger partial charge in [0.1, 0.15) is 30.2 Å². The van der Waals surface area contributed by atoms with Crippen molar-refractivity contribution in [2.75, 3.05) is 38.9 Å². The lowest BCUT2D eigenvalue weighted by atomic mass is 10.1. The Labute approximate surface area is 184 Å². The number of rotatable bonds is 11. The molecule has 1 aliphatic rings. The summed E-state index contributed by atoms with van der Waals surface area (Å²) in [6.07, 6.45) is -5.06. The number of aliphatic hydroxyl groups is 2. The minimum Gasteiger partial charge on any atom is -0.497 e. The number of benzene rings is 1. The number of phosphoric ester groups is 1. The quantitative estimate of drug-likeness (QED) is 0.255. The molecule has 0 aliphatic carbocycles. The molecule has 184 valence electrons. The zero-order chi connectivity index (χ0) is 24.3. The van der Waals surface area contributed by atoms with Gasteiger partial charge in [0, 0.05) is 25.9 Å². The van der Waals surface area contributed by atoms with Crippen LogP contribution in [0.5, 0.6) is 5.75 Å². The van der Waals surface area contributed by atoms with Crippen molar-refractivity contribution in [2.45, 2.75) is 24.4 Å². The Balaban J connectivity index is 1.94. The Hall–Kier alpha value is -0.850. The molecule has 0 aromatic heterocycles. The highest BCUT2D eigenvalue weighted by molar-refractivity contribution is 7.68. The van der Waals surface area contributed by atoms with Crippen LogP contribution >= 0.6 is 23.2 Å². The van der Waals surface area contributed by atoms with E-state index in [1.165, 1.54) is 7.11 Å². The standard InChI is InChI=1S/C15H26NO13P3/c1-16(10-4-6-11(25-2)7-5-10)8-12-14(17)15(18)13(27-12)9-26-31(21,22)29-32(23,24)28-30(3,19)20/h4-7,12-15,17-18H,8-9H2,1-3H3,(H,19,20)(H,21,22)(H,23,24)/t12?,13-,14+,15-/m1/s1. The zero-order valence-corrected chi connectivity index (χ0v) is 20.0. The van der Waals surface area contributed by atoms with Crippen molar-refractivity contribution in [1.29, 1.82) is 0 Å². The van der Waals surface area contributed by atoms with Crippen LogP contribution in [0, 0.1) is 0 Å². The van der Waals surface area contributed by atoms with Crippen LogP contribution in [0.3, 0.4) is 0 Å². The molecule has 32 heavy (non-hydrogen) atoms. The van der Waals surface area contributed by atoms with E-state index in [9.17, 15) is 33.7 Å². The monoisotopic (exact) mass is 521 g/mol. The number of nitrogens with zero attached hydrogens (tertiary/aromatic N) is 1. The van der Waals surface area contributed by atoms with E-state index in [4.69, 9.17) is 14.4 Å². The van der Waals surface area contributed by atoms with Crippen molar-refractivity contribution in [3.05, 3.63) is 24.3 Å². The molecule has 0 bridgehead atoms. The van der Waals surface area contributed by atoms with E-state index in [-0.39, 0.29) is 6.54 Å². The lowest BCUT2D eigenvalue weighted by molar-refractivity contribution is -0.0191. The van der Waals surface area contributed by atoms with Gasteiger partial charge in [-0.25, -0.2) is 13.4 Å². The summed E-state index contributed by atoms with van der Waals surface area (Å²) in [7, 11) is -12.0. The number of phosphoric acid groups is 2. The molecule has 1 aromatic carbocycles. The van der Waals surface area contributed by atoms with Crippen molar-refractivity contribution in [3.8, 4) is 5.75 Å². The second-order valence-corrected chi connectivity index (χ2v) is 12.0. The van der Waals surface area contributed by atoms with Crippen LogP contribution < -0.4 is 9.64 Å². The molecule has 0 saturated carbocycles. The highest BCUT2D eigenvalue weighted by atomic mass is 31.3. The summed E-state index contributed by atoms with van der Waals surface area (Å²) in [5.74, 6) is 0.654. The summed E-state index contributed by atoms with van der Waals surface area (Å²) in [6, 6.07) is 7.01. The summed E-state index contributed by atoms with van der Waals surface area (Å²) in [6.45, 7) is -0.108. The van der Waals surface area contributed by atoms with Crippen LogP contribution in [0.15, 0.2) is 24.3 Å². The van der Waals surface area contributed by atoms with Gasteiger partial charge < -0.3 is 39.3 Å². The Bertz CT molecular complexity index is 906. The molecule has 4 unspecified atom stereocenters. The lowest BCUT2D eigenvalue weighted by Crippen LogP contribution is -2.39. The van der Waals surface area contributed by atoms with E-state index in [0.29, 0.717) is 12.4 Å². The highest BCUT2D eigenvalue weighted by Gasteiger charge is 2.45. The van der Waals surface area contributed by atoms with Gasteiger partial charge in [0.15, 0.2) is 0 Å². The van der Waals surface area contributed by atoms with E-state index in [0.717, 1.165) is 5.69 Å². The summed E-state index contributed by atoms with van der Waals surface area (Å²) in [4.78, 5) is 29.5. The zero-order valence-electron chi connectivity index (χ0n) is 17.3. The predicted molar refractivity (Wildman–Crippen MR) is 110 cm³/mol. The number of aliphatic hydroxyl groups excluding tert-OH is 2. The maximum atomic E-state index is 11.9. The molecule has 1 saturated heterocycles. The largest absolute Gasteiger partial charge is 0.497 e. The molecule has 5 N–H and O–H groups in total. The maximum Gasteiger partial charge on any atom is 0.488 e. The first kappa shape index (κ1) is 27.4. The lowest BCUT2D eigenvalue weighted by Gasteiger charge is -2.25. The number of methoxy groups -OCH3 is 1. The third kappa shape index (κ3) is 8.18. The molecule has 1 heterocycles. The average Bonchev–Trinajstić information content (AvgIpc) is 2.91. The fourth-order valence-corrected chi connectivity index (χ4v) is 6.34. The number of hydrogen-bond acceptors (Lipinski definition) is 11. The first-order valence-corrected chi connectivity index (χ1v) is 14.0. The van der Waals surface area contributed by atoms with Crippen molar-refractivity contribution in [1.82, 2.24) is 0 Å². The fraction of sp³-hybridized carbons (Fsp3) is 0.600. The van der Waals surface area contributed by atoms with Crippen LogP contribution in [0.2, 0.25) is 0 Å². The molecular weight excluding hydrogens is 495 g/mol. The Morgan fingerprint density at radius 1 is 0.969 bits per heavy atom. The second kappa shape index (κ2) is 10.6. The highest BCUT2D eigenvalue weighted by Crippen LogP contribution is 2.66. The minimum absolute atomic E-state index is 0.135. The molecule has 0 amide bonds. The summed E-state index contributed by atoms with van der Waals surface area (Å²) in [5.41, 5.74) is 0.764. The molecule has 14 nitrogen and oxygen atoms in total. The van der Waals surface area contributed by atoms with E-state index >= 15 is 0 Å². The van der Waals surface area contributed by atoms with Crippen LogP contribution in [0.4, 0.5) is 5.69 Å². The molecule has 17 heteroatoms. The number of likely N-dealkylation sites (N-methyl/N-ethyl adjacent to an activating group) is 1. The third-order valence-electron chi connectivity index (χ3n) is 4.29. The minimum atomic E-state index is -5.41. The molecule has 0 radical (unpaired) electrons. The van der Waals surface area contributed by atoms with Crippen molar-refractivity contribution in [3.63, 3.8) is 0 Å². The van der Waals surface area contributed by atoms with Crippen molar-refractivity contribution >= 4 is 28.9 Å². The topological polar surface area (TPSA) is 202 Å². The van der Waals surface area contributed by atoms with Gasteiger partial charge in [-0.05, 0) is 24.3 Å². The Morgan fingerprint density at radius 3 is 2.06 bits per heavy atom. The molecular formula is C15H26NO13P3. The molecule has 1 aromatic rings. The van der Waals surface area contributed by atoms with Gasteiger partial charge in [-0.2, -0.15) is 4.31 Å². The van der Waals surface area contributed by atoms with Crippen LogP contribution in [-0.4, -0.2) is 83.3 Å². The maximum absolute atomic E-state index is 11.9. The van der Waals surface area contributed by atoms with E-state index < -0.39 is 54.3 Å². The van der Waals surface area contributed by atoms with Gasteiger partial charge in [-0.1, -0.05) is 0 Å². The summed E-state index contributed by atoms with van der Waals surface area (Å²) in [5, 5.41) is 20.4. The summed E-state index contributed by atoms with van der Waals surface area (Å²) < 4.78 is 57.3. The molecule has 7 atom stereocenters. The number of anilines is 1. The SMILES string of the molecule is COc1ccc(N(C)CC2O[C@H](COP(=O)(O)OP(=O)(O)OP(C)(=O)O)[C@@H](O)[C@H]2O)cc1. The predicted octanol–water partition coefficient (Wildman–Crippen LogP) is 0.686. The van der Waals surface area contributed by atoms with Crippen molar-refractivity contribution in [2.24, 2.45) is 0 Å². The number of hydrogen-bond donors (Lipinski definition) is 5. The fourth-order valence-electron chi connectivity index (χ4n) is 2.85. The van der Waals surface area contributed by atoms with E-state index in [2.05, 4.69) is 13.1 Å². The van der Waals surface area contributed by atoms with Gasteiger partial charge in [0.05, 0.1) is 13.7 Å². The summed E-state index contributed by atoms with van der Waals surface area (Å²) >= 11 is 0. The molecule has 0 spiro atoms. The van der Waals surface area contributed by atoms with Gasteiger partial charge in [-0.3, -0.25) is 9.09 Å². The van der Waals surface area contributed by atoms with E-state index in [1.807, 2.05) is 0 Å². The molecule has 2 rings (SSSR count). The van der Waals surface area contributed by atoms with Gasteiger partial charge in [-0.15, -0.1) is 0 Å². The number of ether oxygens (including phenoxy) is 2. The van der Waals surface area contributed by atoms with Crippen LogP contribution in [0.1, 0.15) is 0 Å². The Kier molecular flexibility index (Phi) is 9.08. The first-order valence-electron chi connectivity index (χ1n) is 9.02. The van der Waals surface area contributed by atoms with Crippen LogP contribution in [-0.2, 0) is 31.6 Å². The van der Waals surface area contributed by atoms with Gasteiger partial charge in [0.25, 0.3) is 0 Å². The Morgan fingerprint density at radius 2 is 1.53 bits per heavy atom. The van der Waals surface area contributed by atoms with Crippen molar-refractivity contribution < 1.29 is 61.2 Å². The molecule has 1 fully saturated rings. The smallest absolute Gasteiger partial charge is 0.488 e. The van der Waals surface area contributed by atoms with Gasteiger partial charge in [0.2, 0.25) is 0 Å². The van der Waals surface area contributed by atoms with Crippen LogP contribution in [0.25, 0.3) is 0 Å². The van der Waals surface area contributed by atoms with E-state index in [1.54, 1.807) is 36.2 Å². The normalized spacial score (nSPS) is 29.0. The second-order valence-electron chi connectivity index (χ2n) is 6.97. The van der Waals surface area contributed by atoms with Gasteiger partial charge >= 0.3 is 23.2 Å².